The Kier molecular flexibility index (Phi) is 5.54. The van der Waals surface area contributed by atoms with Gasteiger partial charge in [-0.15, -0.1) is 0 Å². The Balaban J connectivity index is 1.92. The first kappa shape index (κ1) is 10.8. The van der Waals surface area contributed by atoms with E-state index in [1.807, 2.05) is 0 Å². The zero-order valence-electron chi connectivity index (χ0n) is 8.38. The van der Waals surface area contributed by atoms with Crippen molar-refractivity contribution >= 4 is 12.4 Å². The van der Waals surface area contributed by atoms with E-state index in [-0.39, 0.29) is 0 Å². The van der Waals surface area contributed by atoms with Gasteiger partial charge >= 0.3 is 0 Å². The summed E-state index contributed by atoms with van der Waals surface area (Å²) in [5, 5.41) is 9.04. The standard InChI is InChI=1S/C9H18N4O/c14-8-10-4-1-2-5-11-9-12-6-3-7-13-9/h8H,1-7H2,(H,10,14)(H2,11,12,13). The average Bonchev–Trinajstić information content (AvgIpc) is 2.25. The molecule has 1 aliphatic rings. The van der Waals surface area contributed by atoms with E-state index in [9.17, 15) is 4.79 Å². The Bertz CT molecular complexity index is 193. The van der Waals surface area contributed by atoms with E-state index in [1.54, 1.807) is 0 Å². The molecule has 1 amide bonds. The summed E-state index contributed by atoms with van der Waals surface area (Å²) in [5.74, 6) is 0.916. The van der Waals surface area contributed by atoms with Crippen molar-refractivity contribution in [2.45, 2.75) is 19.3 Å². The first-order valence-corrected chi connectivity index (χ1v) is 5.12. The van der Waals surface area contributed by atoms with Crippen LogP contribution >= 0.6 is 0 Å². The molecule has 0 saturated heterocycles. The summed E-state index contributed by atoms with van der Waals surface area (Å²) in [6.07, 6.45) is 3.90. The van der Waals surface area contributed by atoms with Crippen LogP contribution in [0.15, 0.2) is 4.99 Å². The summed E-state index contributed by atoms with van der Waals surface area (Å²) < 4.78 is 0. The predicted octanol–water partition coefficient (Wildman–Crippen LogP) is -0.548. The summed E-state index contributed by atoms with van der Waals surface area (Å²) in [5.41, 5.74) is 0. The molecule has 0 radical (unpaired) electrons. The molecular formula is C9H18N4O. The van der Waals surface area contributed by atoms with Crippen molar-refractivity contribution in [1.29, 1.82) is 0 Å². The summed E-state index contributed by atoms with van der Waals surface area (Å²) in [4.78, 5) is 14.2. The molecule has 5 heteroatoms. The highest BCUT2D eigenvalue weighted by molar-refractivity contribution is 5.80. The normalized spacial score (nSPS) is 15.3. The molecule has 1 heterocycles. The number of carbonyl (C=O) groups is 1. The van der Waals surface area contributed by atoms with Crippen molar-refractivity contribution in [1.82, 2.24) is 16.0 Å². The van der Waals surface area contributed by atoms with Gasteiger partial charge in [-0.05, 0) is 19.3 Å². The number of guanidine groups is 1. The van der Waals surface area contributed by atoms with E-state index in [4.69, 9.17) is 0 Å². The summed E-state index contributed by atoms with van der Waals surface area (Å²) >= 11 is 0. The molecule has 0 bridgehead atoms. The molecule has 1 rings (SSSR count). The van der Waals surface area contributed by atoms with Crippen LogP contribution in [0.4, 0.5) is 0 Å². The molecule has 0 atom stereocenters. The fourth-order valence-electron chi connectivity index (χ4n) is 1.27. The lowest BCUT2D eigenvalue weighted by Gasteiger charge is -2.15. The van der Waals surface area contributed by atoms with Crippen LogP contribution < -0.4 is 16.0 Å². The second kappa shape index (κ2) is 7.17. The molecule has 80 valence electrons. The monoisotopic (exact) mass is 198 g/mol. The van der Waals surface area contributed by atoms with E-state index in [0.29, 0.717) is 0 Å². The predicted molar refractivity (Wildman–Crippen MR) is 56.2 cm³/mol. The third-order valence-corrected chi connectivity index (χ3v) is 2.02. The molecule has 0 aliphatic carbocycles. The zero-order valence-corrected chi connectivity index (χ0v) is 8.38. The number of aliphatic imine (C=N–C) groups is 1. The minimum Gasteiger partial charge on any atom is -0.359 e. The quantitative estimate of drug-likeness (QED) is 0.396. The number of rotatable bonds is 6. The van der Waals surface area contributed by atoms with Gasteiger partial charge in [-0.3, -0.25) is 9.79 Å². The van der Waals surface area contributed by atoms with Gasteiger partial charge in [0.2, 0.25) is 6.41 Å². The molecule has 14 heavy (non-hydrogen) atoms. The highest BCUT2D eigenvalue weighted by Crippen LogP contribution is 1.88. The van der Waals surface area contributed by atoms with Gasteiger partial charge in [0.1, 0.15) is 0 Å². The van der Waals surface area contributed by atoms with Crippen LogP contribution in [0.25, 0.3) is 0 Å². The van der Waals surface area contributed by atoms with Crippen molar-refractivity contribution < 1.29 is 4.79 Å². The van der Waals surface area contributed by atoms with Gasteiger partial charge < -0.3 is 16.0 Å². The van der Waals surface area contributed by atoms with E-state index in [1.165, 1.54) is 0 Å². The van der Waals surface area contributed by atoms with Crippen molar-refractivity contribution in [2.75, 3.05) is 26.2 Å². The lowest BCUT2D eigenvalue weighted by molar-refractivity contribution is -0.109. The van der Waals surface area contributed by atoms with Crippen LogP contribution in [0.3, 0.4) is 0 Å². The molecule has 0 unspecified atom stereocenters. The summed E-state index contributed by atoms with van der Waals surface area (Å²) in [6.45, 7) is 3.60. The highest BCUT2D eigenvalue weighted by atomic mass is 16.1. The lowest BCUT2D eigenvalue weighted by Crippen LogP contribution is -2.41. The van der Waals surface area contributed by atoms with Crippen molar-refractivity contribution in [3.05, 3.63) is 0 Å². The summed E-state index contributed by atoms with van der Waals surface area (Å²) in [7, 11) is 0. The Hall–Kier alpha value is -1.26. The topological polar surface area (TPSA) is 65.5 Å². The smallest absolute Gasteiger partial charge is 0.207 e. The second-order valence-corrected chi connectivity index (χ2v) is 3.22. The minimum atomic E-state index is 0.736. The minimum absolute atomic E-state index is 0.736. The molecule has 0 aromatic heterocycles. The fraction of sp³-hybridized carbons (Fsp3) is 0.778. The van der Waals surface area contributed by atoms with E-state index < -0.39 is 0 Å². The molecule has 0 saturated carbocycles. The Morgan fingerprint density at radius 3 is 3.00 bits per heavy atom. The zero-order chi connectivity index (χ0) is 10.1. The van der Waals surface area contributed by atoms with Gasteiger partial charge in [-0.1, -0.05) is 0 Å². The van der Waals surface area contributed by atoms with Gasteiger partial charge in [0.25, 0.3) is 0 Å². The molecule has 1 aliphatic heterocycles. The van der Waals surface area contributed by atoms with Gasteiger partial charge in [-0.25, -0.2) is 0 Å². The highest BCUT2D eigenvalue weighted by Gasteiger charge is 2.01. The van der Waals surface area contributed by atoms with Crippen LogP contribution in [-0.4, -0.2) is 38.5 Å². The molecule has 3 N–H and O–H groups in total. The number of hydrogen-bond donors (Lipinski definition) is 3. The molecule has 0 aromatic rings. The van der Waals surface area contributed by atoms with Crippen molar-refractivity contribution in [2.24, 2.45) is 4.99 Å². The first-order valence-electron chi connectivity index (χ1n) is 5.12. The van der Waals surface area contributed by atoms with Gasteiger partial charge in [-0.2, -0.15) is 0 Å². The van der Waals surface area contributed by atoms with Gasteiger partial charge in [0, 0.05) is 26.2 Å². The van der Waals surface area contributed by atoms with Crippen LogP contribution in [0.5, 0.6) is 0 Å². The van der Waals surface area contributed by atoms with Crippen LogP contribution in [0.2, 0.25) is 0 Å². The Morgan fingerprint density at radius 2 is 2.29 bits per heavy atom. The van der Waals surface area contributed by atoms with Crippen LogP contribution in [-0.2, 0) is 4.79 Å². The largest absolute Gasteiger partial charge is 0.359 e. The lowest BCUT2D eigenvalue weighted by atomic mass is 10.3. The molecule has 0 spiro atoms. The number of carbonyl (C=O) groups excluding carboxylic acids is 1. The number of unbranched alkanes of at least 4 members (excludes halogenated alkanes) is 1. The fourth-order valence-corrected chi connectivity index (χ4v) is 1.27. The third-order valence-electron chi connectivity index (χ3n) is 2.02. The second-order valence-electron chi connectivity index (χ2n) is 3.22. The van der Waals surface area contributed by atoms with Crippen molar-refractivity contribution in [3.63, 3.8) is 0 Å². The van der Waals surface area contributed by atoms with Gasteiger partial charge in [0.05, 0.1) is 0 Å². The van der Waals surface area contributed by atoms with E-state index in [2.05, 4.69) is 20.9 Å². The SMILES string of the molecule is O=CNCCCCNC1=NCCCN1. The Morgan fingerprint density at radius 1 is 1.43 bits per heavy atom. The number of hydrogen-bond acceptors (Lipinski definition) is 4. The maximum atomic E-state index is 9.93. The number of nitrogens with one attached hydrogen (secondary N) is 3. The van der Waals surface area contributed by atoms with E-state index >= 15 is 0 Å². The first-order chi connectivity index (χ1) is 6.93. The Labute approximate surface area is 84.4 Å². The number of amides is 1. The van der Waals surface area contributed by atoms with Crippen LogP contribution in [0, 0.1) is 0 Å². The molecule has 0 fully saturated rings. The maximum absolute atomic E-state index is 9.93. The summed E-state index contributed by atoms with van der Waals surface area (Å²) in [6, 6.07) is 0. The van der Waals surface area contributed by atoms with E-state index in [0.717, 1.165) is 57.8 Å². The number of nitrogens with zero attached hydrogens (tertiary/aromatic N) is 1. The third kappa shape index (κ3) is 4.69. The molecule has 0 aromatic carbocycles. The molecular weight excluding hydrogens is 180 g/mol. The van der Waals surface area contributed by atoms with Crippen molar-refractivity contribution in [3.8, 4) is 0 Å². The van der Waals surface area contributed by atoms with Gasteiger partial charge in [0.15, 0.2) is 5.96 Å². The molecule has 5 nitrogen and oxygen atoms in total. The van der Waals surface area contributed by atoms with Crippen LogP contribution in [0.1, 0.15) is 19.3 Å². The average molecular weight is 198 g/mol. The maximum Gasteiger partial charge on any atom is 0.207 e.